The largest absolute Gasteiger partial charge is 0.467 e. The number of carbonyl (C=O) groups is 4. The van der Waals surface area contributed by atoms with E-state index in [0.29, 0.717) is 17.9 Å². The van der Waals surface area contributed by atoms with Gasteiger partial charge in [-0.15, -0.1) is 0 Å². The van der Waals surface area contributed by atoms with Crippen molar-refractivity contribution in [3.63, 3.8) is 0 Å². The maximum absolute atomic E-state index is 12.2. The van der Waals surface area contributed by atoms with Crippen LogP contribution in [0, 0.1) is 0 Å². The molecule has 0 spiro atoms. The molecular formula is C31H38O12. The normalized spacial score (nSPS) is 21.3. The van der Waals surface area contributed by atoms with Gasteiger partial charge in [0.25, 0.3) is 0 Å². The Balaban J connectivity index is 2.06. The highest BCUT2D eigenvalue weighted by Gasteiger charge is 2.53. The van der Waals surface area contributed by atoms with Crippen LogP contribution in [0.15, 0.2) is 42.5 Å². The van der Waals surface area contributed by atoms with Gasteiger partial charge in [0.05, 0.1) is 0 Å². The number of methoxy groups -OCH3 is 1. The smallest absolute Gasteiger partial charge is 0.303 e. The van der Waals surface area contributed by atoms with Crippen molar-refractivity contribution in [2.75, 3.05) is 20.5 Å². The van der Waals surface area contributed by atoms with Gasteiger partial charge >= 0.3 is 23.9 Å². The molecule has 0 radical (unpaired) electrons. The molecule has 1 aliphatic rings. The van der Waals surface area contributed by atoms with E-state index in [1.807, 2.05) is 30.3 Å². The fourth-order valence-electron chi connectivity index (χ4n) is 4.53. The first-order valence-electron chi connectivity index (χ1n) is 13.8. The Morgan fingerprint density at radius 2 is 1.37 bits per heavy atom. The number of rotatable bonds is 13. The predicted octanol–water partition coefficient (Wildman–Crippen LogP) is 3.28. The molecule has 12 heteroatoms. The van der Waals surface area contributed by atoms with Crippen LogP contribution in [0.25, 0.3) is 0 Å². The van der Waals surface area contributed by atoms with Gasteiger partial charge in [0, 0.05) is 47.3 Å². The maximum atomic E-state index is 12.2. The van der Waals surface area contributed by atoms with Crippen molar-refractivity contribution < 1.29 is 57.1 Å². The van der Waals surface area contributed by atoms with Crippen LogP contribution in [0.1, 0.15) is 51.3 Å². The summed E-state index contributed by atoms with van der Waals surface area (Å²) in [6, 6.07) is 13.3. The lowest BCUT2D eigenvalue weighted by Crippen LogP contribution is -2.63. The Labute approximate surface area is 250 Å². The Morgan fingerprint density at radius 3 is 1.95 bits per heavy atom. The van der Waals surface area contributed by atoms with E-state index in [9.17, 15) is 19.2 Å². The van der Waals surface area contributed by atoms with Crippen LogP contribution in [-0.4, -0.2) is 75.1 Å². The Morgan fingerprint density at radius 1 is 0.767 bits per heavy atom. The van der Waals surface area contributed by atoms with Gasteiger partial charge in [-0.2, -0.15) is 0 Å². The van der Waals surface area contributed by atoms with E-state index in [4.69, 9.17) is 37.9 Å². The molecule has 0 unspecified atom stereocenters. The van der Waals surface area contributed by atoms with E-state index in [2.05, 4.69) is 6.92 Å². The third-order valence-electron chi connectivity index (χ3n) is 6.40. The van der Waals surface area contributed by atoms with Crippen molar-refractivity contribution in [2.24, 2.45) is 0 Å². The number of carbonyl (C=O) groups excluding carboxylic acids is 4. The topological polar surface area (TPSA) is 142 Å². The lowest BCUT2D eigenvalue weighted by atomic mass is 9.97. The molecule has 0 bridgehead atoms. The second kappa shape index (κ2) is 15.9. The summed E-state index contributed by atoms with van der Waals surface area (Å²) < 4.78 is 44.8. The van der Waals surface area contributed by atoms with Crippen molar-refractivity contribution >= 4 is 23.9 Å². The molecule has 1 saturated heterocycles. The molecule has 1 heterocycles. The number of aryl methyl sites for hydroxylation is 1. The quantitative estimate of drug-likeness (QED) is 0.189. The molecule has 0 aromatic heterocycles. The summed E-state index contributed by atoms with van der Waals surface area (Å²) in [5.41, 5.74) is 2.94. The minimum Gasteiger partial charge on any atom is -0.467 e. The molecule has 5 atom stereocenters. The van der Waals surface area contributed by atoms with Crippen LogP contribution in [0.3, 0.4) is 0 Å². The molecule has 12 nitrogen and oxygen atoms in total. The summed E-state index contributed by atoms with van der Waals surface area (Å²) >= 11 is 0. The summed E-state index contributed by atoms with van der Waals surface area (Å²) in [6.45, 7) is 6.36. The molecule has 0 aliphatic carbocycles. The van der Waals surface area contributed by atoms with E-state index in [1.54, 1.807) is 12.1 Å². The third-order valence-corrected chi connectivity index (χ3v) is 6.40. The van der Waals surface area contributed by atoms with Crippen LogP contribution in [0.2, 0.25) is 0 Å². The average Bonchev–Trinajstić information content (AvgIpc) is 2.94. The van der Waals surface area contributed by atoms with E-state index in [1.165, 1.54) is 19.6 Å². The van der Waals surface area contributed by atoms with Crippen LogP contribution in [-0.2, 0) is 60.4 Å². The van der Waals surface area contributed by atoms with Crippen molar-refractivity contribution in [1.29, 1.82) is 0 Å². The van der Waals surface area contributed by atoms with Crippen molar-refractivity contribution in [3.05, 3.63) is 59.2 Å². The van der Waals surface area contributed by atoms with Crippen LogP contribution in [0.4, 0.5) is 0 Å². The lowest BCUT2D eigenvalue weighted by Gasteiger charge is -2.44. The van der Waals surface area contributed by atoms with Gasteiger partial charge in [-0.05, 0) is 29.2 Å². The Bertz CT molecular complexity index is 1260. The van der Waals surface area contributed by atoms with Crippen LogP contribution < -0.4 is 9.47 Å². The molecule has 234 valence electrons. The van der Waals surface area contributed by atoms with Crippen LogP contribution >= 0.6 is 0 Å². The highest BCUT2D eigenvalue weighted by atomic mass is 16.7. The first kappa shape index (κ1) is 33.3. The van der Waals surface area contributed by atoms with Gasteiger partial charge in [-0.3, -0.25) is 19.2 Å². The summed E-state index contributed by atoms with van der Waals surface area (Å²) in [5.74, 6) is -2.07. The minimum atomic E-state index is -1.39. The molecule has 3 rings (SSSR count). The number of esters is 4. The van der Waals surface area contributed by atoms with E-state index in [0.717, 1.165) is 38.3 Å². The third kappa shape index (κ3) is 9.97. The van der Waals surface area contributed by atoms with Gasteiger partial charge in [0.1, 0.15) is 24.2 Å². The lowest BCUT2D eigenvalue weighted by molar-refractivity contribution is -0.288. The van der Waals surface area contributed by atoms with E-state index < -0.39 is 54.6 Å². The zero-order valence-electron chi connectivity index (χ0n) is 25.2. The standard InChI is InChI=1S/C31H38O12/c1-7-22-8-10-23(11-9-22)14-24-12-13-25(38-17-36-6)15-26(24)42-31-30(41-21(5)35)29(40-20(4)34)28(39-19(3)33)27(43-31)16-37-18(2)32/h8-13,15,27-31H,7,14,16-17H2,1-6H3/t27-,28-,29+,30-,31-/m1/s1. The molecule has 2 aromatic rings. The fourth-order valence-corrected chi connectivity index (χ4v) is 4.53. The van der Waals surface area contributed by atoms with E-state index in [-0.39, 0.29) is 13.4 Å². The summed E-state index contributed by atoms with van der Waals surface area (Å²) in [4.78, 5) is 48.0. The molecular weight excluding hydrogens is 564 g/mol. The summed E-state index contributed by atoms with van der Waals surface area (Å²) in [7, 11) is 1.49. The summed E-state index contributed by atoms with van der Waals surface area (Å²) in [5, 5.41) is 0. The molecule has 1 aliphatic heterocycles. The monoisotopic (exact) mass is 602 g/mol. The van der Waals surface area contributed by atoms with Gasteiger partial charge in [0.2, 0.25) is 12.4 Å². The number of hydrogen-bond donors (Lipinski definition) is 0. The maximum Gasteiger partial charge on any atom is 0.303 e. The molecule has 1 fully saturated rings. The molecule has 0 saturated carbocycles. The van der Waals surface area contributed by atoms with Gasteiger partial charge < -0.3 is 37.9 Å². The van der Waals surface area contributed by atoms with Gasteiger partial charge in [0.15, 0.2) is 19.0 Å². The Kier molecular flexibility index (Phi) is 12.3. The van der Waals surface area contributed by atoms with Crippen LogP contribution in [0.5, 0.6) is 11.5 Å². The number of benzene rings is 2. The van der Waals surface area contributed by atoms with Gasteiger partial charge in [-0.1, -0.05) is 37.3 Å². The first-order chi connectivity index (χ1) is 20.5. The zero-order valence-corrected chi connectivity index (χ0v) is 25.2. The SMILES string of the molecule is CCc1ccc(Cc2ccc(OCOC)cc2O[C@@H]2O[C@H](COC(C)=O)[C@@H](OC(C)=O)[C@H](OC(C)=O)[C@H]2OC(C)=O)cc1. The van der Waals surface area contributed by atoms with Crippen molar-refractivity contribution in [3.8, 4) is 11.5 Å². The first-order valence-corrected chi connectivity index (χ1v) is 13.8. The summed E-state index contributed by atoms with van der Waals surface area (Å²) in [6.07, 6.45) is -5.19. The van der Waals surface area contributed by atoms with Gasteiger partial charge in [-0.25, -0.2) is 0 Å². The number of ether oxygens (including phenoxy) is 8. The van der Waals surface area contributed by atoms with Crippen molar-refractivity contribution in [1.82, 2.24) is 0 Å². The number of hydrogen-bond acceptors (Lipinski definition) is 12. The Hall–Kier alpha value is -4.16. The van der Waals surface area contributed by atoms with E-state index >= 15 is 0 Å². The predicted molar refractivity (Wildman–Crippen MR) is 150 cm³/mol. The average molecular weight is 603 g/mol. The second-order valence-corrected chi connectivity index (χ2v) is 9.85. The highest BCUT2D eigenvalue weighted by molar-refractivity contribution is 5.68. The second-order valence-electron chi connectivity index (χ2n) is 9.85. The molecule has 43 heavy (non-hydrogen) atoms. The molecule has 2 aromatic carbocycles. The zero-order chi connectivity index (χ0) is 31.5. The minimum absolute atomic E-state index is 0.0175. The molecule has 0 amide bonds. The highest BCUT2D eigenvalue weighted by Crippen LogP contribution is 2.34. The van der Waals surface area contributed by atoms with Crippen molar-refractivity contribution in [2.45, 2.75) is 78.2 Å². The fraction of sp³-hybridized carbons (Fsp3) is 0.484. The molecule has 0 N–H and O–H groups in total.